The van der Waals surface area contributed by atoms with Crippen LogP contribution in [0.3, 0.4) is 0 Å². The predicted molar refractivity (Wildman–Crippen MR) is 173 cm³/mol. The minimum atomic E-state index is -0.827. The van der Waals surface area contributed by atoms with Crippen LogP contribution in [0.5, 0.6) is 6.01 Å². The maximum atomic E-state index is 14.6. The van der Waals surface area contributed by atoms with Crippen molar-refractivity contribution in [1.82, 2.24) is 29.5 Å². The van der Waals surface area contributed by atoms with Crippen molar-refractivity contribution >= 4 is 17.4 Å². The van der Waals surface area contributed by atoms with Gasteiger partial charge in [-0.1, -0.05) is 6.07 Å². The second-order valence-electron chi connectivity index (χ2n) is 15.0. The summed E-state index contributed by atoms with van der Waals surface area (Å²) in [6, 6.07) is 8.55. The number of ether oxygens (including phenoxy) is 2. The number of carbonyl (C=O) groups is 1. The number of anilines is 2. The van der Waals surface area contributed by atoms with E-state index in [2.05, 4.69) is 27.0 Å². The van der Waals surface area contributed by atoms with Crippen molar-refractivity contribution in [2.24, 2.45) is 5.92 Å². The van der Waals surface area contributed by atoms with Crippen LogP contribution in [-0.4, -0.2) is 87.5 Å². The molecule has 1 spiro atoms. The average molecular weight is 643 g/mol. The van der Waals surface area contributed by atoms with Crippen LogP contribution >= 0.6 is 0 Å². The van der Waals surface area contributed by atoms with Gasteiger partial charge in [0, 0.05) is 57.8 Å². The number of nitrogen functional groups attached to an aromatic ring is 1. The van der Waals surface area contributed by atoms with Crippen LogP contribution in [0.25, 0.3) is 0 Å². The van der Waals surface area contributed by atoms with E-state index in [1.807, 2.05) is 16.8 Å². The molecule has 2 aliphatic carbocycles. The zero-order chi connectivity index (χ0) is 32.1. The number of nitrogens with zero attached hydrogens (tertiary/aromatic N) is 7. The number of aryl methyl sites for hydroxylation is 1. The normalized spacial score (nSPS) is 30.6. The van der Waals surface area contributed by atoms with Crippen molar-refractivity contribution in [3.05, 3.63) is 58.0 Å². The van der Waals surface area contributed by atoms with Gasteiger partial charge >= 0.3 is 6.01 Å². The molecule has 3 fully saturated rings. The van der Waals surface area contributed by atoms with Crippen molar-refractivity contribution in [2.45, 2.75) is 87.9 Å². The molecule has 4 aliphatic heterocycles. The summed E-state index contributed by atoms with van der Waals surface area (Å²) >= 11 is 0. The number of hydrogen-bond donors (Lipinski definition) is 1. The summed E-state index contributed by atoms with van der Waals surface area (Å²) < 4.78 is 30.0. The fraction of sp³-hybridized carbons (Fsp3) is 0.600. The Labute approximate surface area is 274 Å². The standard InChI is InChI=1S/C35H43FN8O3/c1-41(2)32(45)29-13-24-18-42(8-4-10-44(24)40-29)31-27-19-47-35(14-21-11-26(21)25-6-5-23(37)12-28(25)35)16-30(27)38-33(39-31)46-20-34-7-3-9-43(34)17-22(36)15-34/h5-6,12-13,21-22,26H,3-4,7-11,14-20,37H2,1-2H3/t21-,22+,26-,34-,35+/m0/s1. The van der Waals surface area contributed by atoms with Gasteiger partial charge in [0.25, 0.3) is 5.91 Å². The maximum absolute atomic E-state index is 14.6. The number of fused-ring (bicyclic) bond motifs is 7. The number of benzene rings is 1. The molecule has 248 valence electrons. The number of nitrogens with two attached hydrogens (primary N) is 1. The number of alkyl halides is 1. The summed E-state index contributed by atoms with van der Waals surface area (Å²) in [5.74, 6) is 1.89. The van der Waals surface area contributed by atoms with Gasteiger partial charge in [0.1, 0.15) is 18.6 Å². The summed E-state index contributed by atoms with van der Waals surface area (Å²) in [7, 11) is 3.49. The highest BCUT2D eigenvalue weighted by Crippen LogP contribution is 2.62. The highest BCUT2D eigenvalue weighted by Gasteiger charge is 2.55. The molecule has 3 aromatic rings. The van der Waals surface area contributed by atoms with Gasteiger partial charge in [0.2, 0.25) is 0 Å². The molecule has 5 atom stereocenters. The number of rotatable bonds is 5. The van der Waals surface area contributed by atoms with Gasteiger partial charge in [-0.3, -0.25) is 14.4 Å². The van der Waals surface area contributed by atoms with Gasteiger partial charge in [0.15, 0.2) is 5.69 Å². The molecule has 2 saturated heterocycles. The molecule has 1 saturated carbocycles. The van der Waals surface area contributed by atoms with Gasteiger partial charge in [-0.05, 0) is 79.8 Å². The molecule has 0 unspecified atom stereocenters. The van der Waals surface area contributed by atoms with Crippen LogP contribution in [0.1, 0.15) is 83.0 Å². The lowest BCUT2D eigenvalue weighted by Crippen LogP contribution is -2.44. The number of carbonyl (C=O) groups excluding carboxylic acids is 1. The van der Waals surface area contributed by atoms with Crippen molar-refractivity contribution < 1.29 is 18.7 Å². The van der Waals surface area contributed by atoms with Gasteiger partial charge in [-0.25, -0.2) is 4.39 Å². The lowest BCUT2D eigenvalue weighted by atomic mass is 9.74. The van der Waals surface area contributed by atoms with Crippen molar-refractivity contribution in [2.75, 3.05) is 51.0 Å². The predicted octanol–water partition coefficient (Wildman–Crippen LogP) is 3.80. The monoisotopic (exact) mass is 642 g/mol. The zero-order valence-corrected chi connectivity index (χ0v) is 27.3. The van der Waals surface area contributed by atoms with E-state index in [1.165, 1.54) is 17.5 Å². The summed E-state index contributed by atoms with van der Waals surface area (Å²) in [6.45, 7) is 4.17. The fourth-order valence-corrected chi connectivity index (χ4v) is 9.25. The SMILES string of the molecule is CN(C)C(=O)c1cc2n(n1)CCCN(c1nc(OC[C@@]34CCCN3C[C@H](F)C4)nc3c1CO[C@@]1(C3)C[C@@H]3C[C@@H]3c3ccc(N)cc31)C2. The zero-order valence-electron chi connectivity index (χ0n) is 27.3. The smallest absolute Gasteiger partial charge is 0.318 e. The Balaban J connectivity index is 1.09. The Morgan fingerprint density at radius 3 is 2.94 bits per heavy atom. The first-order valence-corrected chi connectivity index (χ1v) is 17.2. The molecule has 0 bridgehead atoms. The fourth-order valence-electron chi connectivity index (χ4n) is 9.25. The molecule has 12 heteroatoms. The molecular formula is C35H43FN8O3. The third-order valence-corrected chi connectivity index (χ3v) is 11.6. The van der Waals surface area contributed by atoms with E-state index in [4.69, 9.17) is 25.2 Å². The van der Waals surface area contributed by atoms with Gasteiger partial charge < -0.3 is 25.0 Å². The highest BCUT2D eigenvalue weighted by atomic mass is 19.1. The van der Waals surface area contributed by atoms with Gasteiger partial charge in [-0.2, -0.15) is 15.1 Å². The van der Waals surface area contributed by atoms with E-state index < -0.39 is 11.8 Å². The Bertz CT molecular complexity index is 1760. The molecular weight excluding hydrogens is 599 g/mol. The topological polar surface area (TPSA) is 115 Å². The van der Waals surface area contributed by atoms with E-state index in [9.17, 15) is 9.18 Å². The molecule has 2 N–H and O–H groups in total. The van der Waals surface area contributed by atoms with E-state index in [0.717, 1.165) is 67.2 Å². The summed E-state index contributed by atoms with van der Waals surface area (Å²) in [6.07, 6.45) is 5.24. The second-order valence-corrected chi connectivity index (χ2v) is 15.0. The molecule has 1 aromatic carbocycles. The van der Waals surface area contributed by atoms with Crippen LogP contribution < -0.4 is 15.4 Å². The second kappa shape index (κ2) is 10.6. The van der Waals surface area contributed by atoms with E-state index in [0.29, 0.717) is 69.2 Å². The van der Waals surface area contributed by atoms with Gasteiger partial charge in [-0.15, -0.1) is 0 Å². The third kappa shape index (κ3) is 4.81. The number of hydrogen-bond acceptors (Lipinski definition) is 9. The van der Waals surface area contributed by atoms with E-state index in [1.54, 1.807) is 19.0 Å². The van der Waals surface area contributed by atoms with Crippen LogP contribution in [-0.2, 0) is 36.5 Å². The summed E-state index contributed by atoms with van der Waals surface area (Å²) in [5.41, 5.74) is 12.2. The van der Waals surface area contributed by atoms with Crippen LogP contribution in [0, 0.1) is 5.92 Å². The summed E-state index contributed by atoms with van der Waals surface area (Å²) in [4.78, 5) is 29.0. The number of halogens is 1. The summed E-state index contributed by atoms with van der Waals surface area (Å²) in [5, 5.41) is 4.64. The Hall–Kier alpha value is -3.77. The van der Waals surface area contributed by atoms with Crippen LogP contribution in [0.2, 0.25) is 0 Å². The maximum Gasteiger partial charge on any atom is 0.318 e. The Morgan fingerprint density at radius 1 is 1.17 bits per heavy atom. The molecule has 2 aromatic heterocycles. The van der Waals surface area contributed by atoms with Gasteiger partial charge in [0.05, 0.1) is 35.7 Å². The van der Waals surface area contributed by atoms with Crippen molar-refractivity contribution in [3.63, 3.8) is 0 Å². The Kier molecular flexibility index (Phi) is 6.64. The largest absolute Gasteiger partial charge is 0.461 e. The lowest BCUT2D eigenvalue weighted by Gasteiger charge is -2.43. The first kappa shape index (κ1) is 29.4. The van der Waals surface area contributed by atoms with Crippen molar-refractivity contribution in [1.29, 1.82) is 0 Å². The molecule has 6 heterocycles. The van der Waals surface area contributed by atoms with E-state index in [-0.39, 0.29) is 11.4 Å². The van der Waals surface area contributed by atoms with Crippen LogP contribution in [0.15, 0.2) is 24.3 Å². The quantitative estimate of drug-likeness (QED) is 0.415. The molecule has 6 aliphatic rings. The molecule has 47 heavy (non-hydrogen) atoms. The van der Waals surface area contributed by atoms with E-state index >= 15 is 0 Å². The first-order valence-electron chi connectivity index (χ1n) is 17.2. The molecule has 9 rings (SSSR count). The minimum Gasteiger partial charge on any atom is -0.461 e. The average Bonchev–Trinajstić information content (AvgIpc) is 3.47. The molecule has 11 nitrogen and oxygen atoms in total. The Morgan fingerprint density at radius 2 is 2.06 bits per heavy atom. The first-order chi connectivity index (χ1) is 22.7. The number of amides is 1. The number of aromatic nitrogens is 4. The highest BCUT2D eigenvalue weighted by molar-refractivity contribution is 5.92. The third-order valence-electron chi connectivity index (χ3n) is 11.6. The van der Waals surface area contributed by atoms with Crippen molar-refractivity contribution in [3.8, 4) is 6.01 Å². The lowest BCUT2D eigenvalue weighted by molar-refractivity contribution is -0.0875. The van der Waals surface area contributed by atoms with Crippen LogP contribution in [0.4, 0.5) is 15.9 Å². The molecule has 1 amide bonds. The molecule has 0 radical (unpaired) electrons. The minimum absolute atomic E-state index is 0.111.